The fraction of sp³-hybridized carbons (Fsp3) is 0.579. The number of nitrogens with two attached hydrogens (primary N) is 1. The Morgan fingerprint density at radius 1 is 1.12 bits per heavy atom. The molecule has 0 aromatic heterocycles. The zero-order valence-electron chi connectivity index (χ0n) is 15.2. The van der Waals surface area contributed by atoms with Crippen LogP contribution in [-0.4, -0.2) is 29.9 Å². The van der Waals surface area contributed by atoms with Gasteiger partial charge in [-0.25, -0.2) is 0 Å². The van der Waals surface area contributed by atoms with Crippen LogP contribution in [0.3, 0.4) is 0 Å². The third kappa shape index (κ3) is 6.01. The molecule has 6 heteroatoms. The van der Waals surface area contributed by atoms with E-state index in [2.05, 4.69) is 10.6 Å². The fourth-order valence-corrected chi connectivity index (χ4v) is 3.14. The Morgan fingerprint density at radius 2 is 1.72 bits per heavy atom. The van der Waals surface area contributed by atoms with Crippen molar-refractivity contribution in [3.63, 3.8) is 0 Å². The molecule has 5 nitrogen and oxygen atoms in total. The van der Waals surface area contributed by atoms with Crippen molar-refractivity contribution >= 4 is 24.2 Å². The van der Waals surface area contributed by atoms with E-state index in [1.165, 1.54) is 0 Å². The SMILES string of the molecule is Cc1ccccc1C(=O)NC(C(=O)NC1CCC(N)CC1)C(C)C.Cl. The van der Waals surface area contributed by atoms with Crippen LogP contribution in [0.25, 0.3) is 0 Å². The summed E-state index contributed by atoms with van der Waals surface area (Å²) in [6.45, 7) is 5.78. The van der Waals surface area contributed by atoms with Gasteiger partial charge in [-0.15, -0.1) is 12.4 Å². The third-order valence-electron chi connectivity index (χ3n) is 4.74. The van der Waals surface area contributed by atoms with Gasteiger partial charge in [0.05, 0.1) is 0 Å². The maximum Gasteiger partial charge on any atom is 0.252 e. The van der Waals surface area contributed by atoms with E-state index in [-0.39, 0.29) is 42.2 Å². The molecule has 0 heterocycles. The molecule has 4 N–H and O–H groups in total. The van der Waals surface area contributed by atoms with Crippen LogP contribution in [0.1, 0.15) is 55.5 Å². The maximum atomic E-state index is 12.6. The first-order chi connectivity index (χ1) is 11.4. The molecule has 140 valence electrons. The number of hydrogen-bond donors (Lipinski definition) is 3. The Morgan fingerprint density at radius 3 is 2.28 bits per heavy atom. The number of amides is 2. The lowest BCUT2D eigenvalue weighted by Crippen LogP contribution is -2.53. The predicted molar refractivity (Wildman–Crippen MR) is 103 cm³/mol. The Bertz CT molecular complexity index is 584. The van der Waals surface area contributed by atoms with Crippen LogP contribution in [0.2, 0.25) is 0 Å². The van der Waals surface area contributed by atoms with Gasteiger partial charge in [0.15, 0.2) is 0 Å². The molecule has 1 aromatic carbocycles. The molecule has 1 unspecified atom stereocenters. The fourth-order valence-electron chi connectivity index (χ4n) is 3.14. The van der Waals surface area contributed by atoms with Crippen LogP contribution >= 0.6 is 12.4 Å². The van der Waals surface area contributed by atoms with Gasteiger partial charge in [-0.05, 0) is 50.2 Å². The number of hydrogen-bond acceptors (Lipinski definition) is 3. The summed E-state index contributed by atoms with van der Waals surface area (Å²) in [5.74, 6) is -0.288. The number of rotatable bonds is 5. The summed E-state index contributed by atoms with van der Waals surface area (Å²) < 4.78 is 0. The summed E-state index contributed by atoms with van der Waals surface area (Å²) in [7, 11) is 0. The van der Waals surface area contributed by atoms with Crippen molar-refractivity contribution in [2.24, 2.45) is 11.7 Å². The zero-order chi connectivity index (χ0) is 17.7. The number of benzene rings is 1. The largest absolute Gasteiger partial charge is 0.352 e. The van der Waals surface area contributed by atoms with Gasteiger partial charge in [0, 0.05) is 17.6 Å². The molecule has 2 amide bonds. The normalized spacial score (nSPS) is 21.2. The van der Waals surface area contributed by atoms with Gasteiger partial charge in [0.2, 0.25) is 5.91 Å². The second-order valence-electron chi connectivity index (χ2n) is 7.13. The highest BCUT2D eigenvalue weighted by Gasteiger charge is 2.28. The van der Waals surface area contributed by atoms with E-state index < -0.39 is 6.04 Å². The molecular weight excluding hydrogens is 338 g/mol. The molecule has 25 heavy (non-hydrogen) atoms. The Hall–Kier alpha value is -1.59. The molecule has 1 atom stereocenters. The Kier molecular flexibility index (Phi) is 8.39. The highest BCUT2D eigenvalue weighted by molar-refractivity contribution is 5.98. The second kappa shape index (κ2) is 9.78. The van der Waals surface area contributed by atoms with Crippen LogP contribution in [0, 0.1) is 12.8 Å². The van der Waals surface area contributed by atoms with Crippen molar-refractivity contribution in [2.75, 3.05) is 0 Å². The van der Waals surface area contributed by atoms with Crippen molar-refractivity contribution in [1.29, 1.82) is 0 Å². The van der Waals surface area contributed by atoms with E-state index in [0.717, 1.165) is 31.2 Å². The summed E-state index contributed by atoms with van der Waals surface area (Å²) in [6.07, 6.45) is 3.69. The average Bonchev–Trinajstić information content (AvgIpc) is 2.54. The molecule has 0 bridgehead atoms. The summed E-state index contributed by atoms with van der Waals surface area (Å²) in [5.41, 5.74) is 7.42. The van der Waals surface area contributed by atoms with Gasteiger partial charge in [0.1, 0.15) is 6.04 Å². The summed E-state index contributed by atoms with van der Waals surface area (Å²) >= 11 is 0. The summed E-state index contributed by atoms with van der Waals surface area (Å²) in [5, 5.41) is 5.98. The molecule has 2 rings (SSSR count). The van der Waals surface area contributed by atoms with Crippen LogP contribution in [-0.2, 0) is 4.79 Å². The van der Waals surface area contributed by atoms with E-state index >= 15 is 0 Å². The van der Waals surface area contributed by atoms with E-state index in [0.29, 0.717) is 5.56 Å². The second-order valence-corrected chi connectivity index (χ2v) is 7.13. The zero-order valence-corrected chi connectivity index (χ0v) is 16.1. The van der Waals surface area contributed by atoms with Crippen LogP contribution < -0.4 is 16.4 Å². The lowest BCUT2D eigenvalue weighted by molar-refractivity contribution is -0.124. The molecule has 0 spiro atoms. The lowest BCUT2D eigenvalue weighted by Gasteiger charge is -2.29. The standard InChI is InChI=1S/C19H29N3O2.ClH/c1-12(2)17(19(24)21-15-10-8-14(20)9-11-15)22-18(23)16-7-5-4-6-13(16)3;/h4-7,12,14-15,17H,8-11,20H2,1-3H3,(H,21,24)(H,22,23);1H. The predicted octanol–water partition coefficient (Wildman–Crippen LogP) is 2.56. The van der Waals surface area contributed by atoms with Crippen LogP contribution in [0.4, 0.5) is 0 Å². The van der Waals surface area contributed by atoms with Crippen molar-refractivity contribution in [2.45, 2.75) is 64.6 Å². The van der Waals surface area contributed by atoms with Gasteiger partial charge >= 0.3 is 0 Å². The third-order valence-corrected chi connectivity index (χ3v) is 4.74. The highest BCUT2D eigenvalue weighted by Crippen LogP contribution is 2.17. The van der Waals surface area contributed by atoms with Gasteiger partial charge in [0.25, 0.3) is 5.91 Å². The molecule has 1 fully saturated rings. The quantitative estimate of drug-likeness (QED) is 0.747. The first-order valence-corrected chi connectivity index (χ1v) is 8.81. The van der Waals surface area contributed by atoms with Gasteiger partial charge in [-0.1, -0.05) is 32.0 Å². The molecule has 0 aliphatic heterocycles. The van der Waals surface area contributed by atoms with E-state index in [1.54, 1.807) is 6.07 Å². The Labute approximate surface area is 156 Å². The number of aryl methyl sites for hydroxylation is 1. The summed E-state index contributed by atoms with van der Waals surface area (Å²) in [4.78, 5) is 25.1. The molecule has 1 aliphatic carbocycles. The number of nitrogens with one attached hydrogen (secondary N) is 2. The minimum Gasteiger partial charge on any atom is -0.352 e. The first kappa shape index (κ1) is 21.5. The smallest absolute Gasteiger partial charge is 0.252 e. The van der Waals surface area contributed by atoms with E-state index in [4.69, 9.17) is 5.73 Å². The topological polar surface area (TPSA) is 84.2 Å². The first-order valence-electron chi connectivity index (χ1n) is 8.81. The minimum absolute atomic E-state index is 0. The van der Waals surface area contributed by atoms with Crippen molar-refractivity contribution < 1.29 is 9.59 Å². The Balaban J connectivity index is 0.00000312. The van der Waals surface area contributed by atoms with Gasteiger partial charge in [-0.2, -0.15) is 0 Å². The van der Waals surface area contributed by atoms with Crippen LogP contribution in [0.5, 0.6) is 0 Å². The van der Waals surface area contributed by atoms with Gasteiger partial charge in [-0.3, -0.25) is 9.59 Å². The lowest BCUT2D eigenvalue weighted by atomic mass is 9.91. The van der Waals surface area contributed by atoms with Crippen LogP contribution in [0.15, 0.2) is 24.3 Å². The molecule has 1 aliphatic rings. The summed E-state index contributed by atoms with van der Waals surface area (Å²) in [6, 6.07) is 7.28. The molecule has 1 saturated carbocycles. The van der Waals surface area contributed by atoms with Crippen molar-refractivity contribution in [3.8, 4) is 0 Å². The number of carbonyl (C=O) groups excluding carboxylic acids is 2. The minimum atomic E-state index is -0.535. The average molecular weight is 368 g/mol. The molecule has 1 aromatic rings. The van der Waals surface area contributed by atoms with E-state index in [9.17, 15) is 9.59 Å². The maximum absolute atomic E-state index is 12.6. The van der Waals surface area contributed by atoms with Gasteiger partial charge < -0.3 is 16.4 Å². The van der Waals surface area contributed by atoms with Crippen molar-refractivity contribution in [1.82, 2.24) is 10.6 Å². The molecule has 0 saturated heterocycles. The molecular formula is C19H30ClN3O2. The monoisotopic (exact) mass is 367 g/mol. The number of carbonyl (C=O) groups is 2. The highest BCUT2D eigenvalue weighted by atomic mass is 35.5. The van der Waals surface area contributed by atoms with Crippen molar-refractivity contribution in [3.05, 3.63) is 35.4 Å². The van der Waals surface area contributed by atoms with E-state index in [1.807, 2.05) is 39.0 Å². The molecule has 0 radical (unpaired) electrons. The number of halogens is 1.